The number of methoxy groups -OCH3 is 1. The first kappa shape index (κ1) is 26.4. The van der Waals surface area contributed by atoms with Crippen LogP contribution in [0.4, 0.5) is 17.2 Å². The van der Waals surface area contributed by atoms with Gasteiger partial charge in [-0.1, -0.05) is 27.7 Å². The number of nitrogens with two attached hydrogens (primary N) is 1. The molecular weight excluding hydrogens is 446 g/mol. The number of amides is 1. The Hall–Kier alpha value is -3.83. The molecule has 2 aromatic rings. The number of nitrogens with one attached hydrogen (secondary N) is 1. The Bertz CT molecular complexity index is 1180. The zero-order chi connectivity index (χ0) is 25.7. The van der Waals surface area contributed by atoms with Gasteiger partial charge in [0.15, 0.2) is 17.2 Å². The molecule has 12 heteroatoms. The smallest absolute Gasteiger partial charge is 0.330 e. The fourth-order valence-corrected chi connectivity index (χ4v) is 3.47. The van der Waals surface area contributed by atoms with Crippen molar-refractivity contribution < 1.29 is 19.2 Å². The maximum atomic E-state index is 13.7. The van der Waals surface area contributed by atoms with Crippen LogP contribution in [0.2, 0.25) is 0 Å². The molecule has 186 valence electrons. The third-order valence-electron chi connectivity index (χ3n) is 4.83. The van der Waals surface area contributed by atoms with E-state index in [1.807, 2.05) is 27.7 Å². The van der Waals surface area contributed by atoms with Gasteiger partial charge in [-0.3, -0.25) is 34.2 Å². The van der Waals surface area contributed by atoms with Crippen LogP contribution in [-0.2, 0) is 6.54 Å². The summed E-state index contributed by atoms with van der Waals surface area (Å²) in [6.45, 7) is 9.50. The average molecular weight is 478 g/mol. The van der Waals surface area contributed by atoms with Crippen LogP contribution in [0, 0.1) is 22.0 Å². The van der Waals surface area contributed by atoms with E-state index in [0.29, 0.717) is 0 Å². The van der Waals surface area contributed by atoms with Gasteiger partial charge >= 0.3 is 5.69 Å². The van der Waals surface area contributed by atoms with Gasteiger partial charge in [0.25, 0.3) is 17.2 Å². The first-order valence-electron chi connectivity index (χ1n) is 10.9. The van der Waals surface area contributed by atoms with E-state index in [0.717, 1.165) is 11.0 Å². The second-order valence-electron chi connectivity index (χ2n) is 8.52. The van der Waals surface area contributed by atoms with Crippen molar-refractivity contribution in [2.24, 2.45) is 11.8 Å². The summed E-state index contributed by atoms with van der Waals surface area (Å²) in [5.41, 5.74) is 3.57. The molecule has 0 fully saturated rings. The molecule has 0 bridgehead atoms. The van der Waals surface area contributed by atoms with E-state index in [4.69, 9.17) is 15.2 Å². The van der Waals surface area contributed by atoms with Crippen LogP contribution in [-0.4, -0.2) is 40.6 Å². The predicted octanol–water partition coefficient (Wildman–Crippen LogP) is 2.39. The number of nitrogens with zero attached hydrogens (tertiary/aromatic N) is 3. The van der Waals surface area contributed by atoms with Crippen LogP contribution in [0.25, 0.3) is 0 Å². The molecule has 3 N–H and O–H groups in total. The van der Waals surface area contributed by atoms with Crippen molar-refractivity contribution in [1.82, 2.24) is 9.55 Å². The molecule has 12 nitrogen and oxygen atoms in total. The molecule has 34 heavy (non-hydrogen) atoms. The van der Waals surface area contributed by atoms with E-state index < -0.39 is 27.8 Å². The highest BCUT2D eigenvalue weighted by Gasteiger charge is 2.32. The van der Waals surface area contributed by atoms with Gasteiger partial charge in [0.1, 0.15) is 11.4 Å². The number of nitrogen functional groups attached to an aromatic ring is 1. The number of carbonyl (C=O) groups excluding carboxylic acids is 1. The van der Waals surface area contributed by atoms with Crippen LogP contribution in [0.1, 0.15) is 45.0 Å². The Kier molecular flexibility index (Phi) is 8.44. The summed E-state index contributed by atoms with van der Waals surface area (Å²) in [4.78, 5) is 53.3. The molecule has 2 rings (SSSR count). The molecule has 0 radical (unpaired) electrons. The quantitative estimate of drug-likeness (QED) is 0.389. The van der Waals surface area contributed by atoms with E-state index in [1.165, 1.54) is 17.7 Å². The monoisotopic (exact) mass is 477 g/mol. The number of hydrogen-bond donors (Lipinski definition) is 2. The number of ether oxygens (including phenoxy) is 2. The summed E-state index contributed by atoms with van der Waals surface area (Å²) in [6.07, 6.45) is 0. The highest BCUT2D eigenvalue weighted by Crippen LogP contribution is 2.36. The second-order valence-corrected chi connectivity index (χ2v) is 8.52. The van der Waals surface area contributed by atoms with Gasteiger partial charge < -0.3 is 15.2 Å². The number of nitro groups is 1. The van der Waals surface area contributed by atoms with Crippen molar-refractivity contribution in [2.75, 3.05) is 30.9 Å². The molecule has 1 aromatic carbocycles. The Labute approximate surface area is 196 Å². The summed E-state index contributed by atoms with van der Waals surface area (Å²) >= 11 is 0. The number of anilines is 2. The van der Waals surface area contributed by atoms with E-state index in [-0.39, 0.29) is 60.1 Å². The molecule has 0 unspecified atom stereocenters. The minimum absolute atomic E-state index is 0.0130. The van der Waals surface area contributed by atoms with Crippen LogP contribution in [0.15, 0.2) is 21.7 Å². The average Bonchev–Trinajstić information content (AvgIpc) is 2.74. The van der Waals surface area contributed by atoms with Gasteiger partial charge in [-0.15, -0.1) is 0 Å². The van der Waals surface area contributed by atoms with E-state index in [2.05, 4.69) is 4.98 Å². The Morgan fingerprint density at radius 1 is 1.21 bits per heavy atom. The maximum Gasteiger partial charge on any atom is 0.330 e. The Balaban J connectivity index is 2.81. The lowest BCUT2D eigenvalue weighted by Gasteiger charge is -2.26. The highest BCUT2D eigenvalue weighted by molar-refractivity contribution is 6.10. The Morgan fingerprint density at radius 2 is 1.85 bits per heavy atom. The molecule has 0 aliphatic carbocycles. The summed E-state index contributed by atoms with van der Waals surface area (Å²) in [6, 6.07) is 2.31. The lowest BCUT2D eigenvalue weighted by molar-refractivity contribution is -0.385. The van der Waals surface area contributed by atoms with Crippen molar-refractivity contribution in [3.8, 4) is 11.5 Å². The van der Waals surface area contributed by atoms with Crippen LogP contribution < -0.4 is 31.4 Å². The van der Waals surface area contributed by atoms with Crippen molar-refractivity contribution >= 4 is 23.1 Å². The lowest BCUT2D eigenvalue weighted by Crippen LogP contribution is -2.43. The van der Waals surface area contributed by atoms with Crippen LogP contribution >= 0.6 is 0 Å². The number of rotatable bonds is 10. The summed E-state index contributed by atoms with van der Waals surface area (Å²) in [7, 11) is 1.33. The number of aromatic amines is 1. The number of benzene rings is 1. The maximum absolute atomic E-state index is 13.7. The molecule has 0 aliphatic rings. The third kappa shape index (κ3) is 5.56. The number of nitro benzene ring substituents is 1. The van der Waals surface area contributed by atoms with E-state index in [1.54, 1.807) is 6.92 Å². The first-order chi connectivity index (χ1) is 15.9. The molecular formula is C22H31N5O7. The van der Waals surface area contributed by atoms with Crippen molar-refractivity contribution in [1.29, 1.82) is 0 Å². The third-order valence-corrected chi connectivity index (χ3v) is 4.83. The molecule has 1 aromatic heterocycles. The summed E-state index contributed by atoms with van der Waals surface area (Å²) in [5.74, 6) is -0.937. The minimum Gasteiger partial charge on any atom is -0.493 e. The van der Waals surface area contributed by atoms with Crippen LogP contribution in [0.5, 0.6) is 11.5 Å². The zero-order valence-electron chi connectivity index (χ0n) is 20.2. The van der Waals surface area contributed by atoms with E-state index in [9.17, 15) is 24.5 Å². The van der Waals surface area contributed by atoms with Gasteiger partial charge in [0.2, 0.25) is 0 Å². The summed E-state index contributed by atoms with van der Waals surface area (Å²) in [5, 5.41) is 11.8. The molecule has 1 amide bonds. The van der Waals surface area contributed by atoms with Gasteiger partial charge in [-0.25, -0.2) is 4.79 Å². The lowest BCUT2D eigenvalue weighted by atomic mass is 10.1. The largest absolute Gasteiger partial charge is 0.493 e. The number of H-pyrrole nitrogens is 1. The highest BCUT2D eigenvalue weighted by atomic mass is 16.6. The fraction of sp³-hybridized carbons (Fsp3) is 0.500. The van der Waals surface area contributed by atoms with Crippen molar-refractivity contribution in [2.45, 2.75) is 41.2 Å². The van der Waals surface area contributed by atoms with Crippen molar-refractivity contribution in [3.05, 3.63) is 48.6 Å². The van der Waals surface area contributed by atoms with Gasteiger partial charge in [-0.2, -0.15) is 0 Å². The normalized spacial score (nSPS) is 11.1. The molecule has 0 spiro atoms. The number of carbonyl (C=O) groups is 1. The van der Waals surface area contributed by atoms with Gasteiger partial charge in [0, 0.05) is 19.2 Å². The van der Waals surface area contributed by atoms with Gasteiger partial charge in [0.05, 0.1) is 24.7 Å². The zero-order valence-corrected chi connectivity index (χ0v) is 20.2. The molecule has 1 heterocycles. The topological polar surface area (TPSA) is 163 Å². The van der Waals surface area contributed by atoms with Crippen molar-refractivity contribution in [3.63, 3.8) is 0 Å². The molecule has 0 atom stereocenters. The first-order valence-corrected chi connectivity index (χ1v) is 10.9. The molecule has 0 saturated carbocycles. The standard InChI is InChI=1S/C22H31N5O7/c1-7-34-17-8-14(15(27(31)32)9-16(17)33-6)21(29)25(10-12(2)3)18-19(23)26(11-13(4)5)22(30)24-20(18)28/h8-9,12-13H,7,10-11,23H2,1-6H3,(H,24,28,30). The van der Waals surface area contributed by atoms with E-state index >= 15 is 0 Å². The number of aromatic nitrogens is 2. The minimum atomic E-state index is -0.863. The predicted molar refractivity (Wildman–Crippen MR) is 128 cm³/mol. The SMILES string of the molecule is CCOc1cc(C(=O)N(CC(C)C)c2c(N)n(CC(C)C)c(=O)[nH]c2=O)c([N+](=O)[O-])cc1OC. The fourth-order valence-electron chi connectivity index (χ4n) is 3.47. The summed E-state index contributed by atoms with van der Waals surface area (Å²) < 4.78 is 11.8. The molecule has 0 aliphatic heterocycles. The number of hydrogen-bond acceptors (Lipinski definition) is 8. The Morgan fingerprint density at radius 3 is 2.35 bits per heavy atom. The van der Waals surface area contributed by atoms with Gasteiger partial charge in [-0.05, 0) is 18.8 Å². The van der Waals surface area contributed by atoms with Crippen LogP contribution in [0.3, 0.4) is 0 Å². The second kappa shape index (κ2) is 10.9. The molecule has 0 saturated heterocycles.